The molecule has 3 aromatic heterocycles. The van der Waals surface area contributed by atoms with Crippen molar-refractivity contribution in [2.75, 3.05) is 0 Å². The number of pyridine rings is 2. The fourth-order valence-electron chi connectivity index (χ4n) is 6.93. The van der Waals surface area contributed by atoms with Gasteiger partial charge in [0.1, 0.15) is 0 Å². The predicted molar refractivity (Wildman–Crippen MR) is 179 cm³/mol. The summed E-state index contributed by atoms with van der Waals surface area (Å²) in [5, 5.41) is 14.2. The monoisotopic (exact) mass is 780 g/mol. The number of carbonyl (C=O) groups excluding carboxylic acids is 1. The first-order chi connectivity index (χ1) is 21.3. The van der Waals surface area contributed by atoms with Crippen LogP contribution in [0, 0.1) is 37.7 Å². The smallest absolute Gasteiger partial charge is 0.216 e. The summed E-state index contributed by atoms with van der Waals surface area (Å²) in [7, 11) is 0. The number of hydrogen-bond acceptors (Lipinski definition) is 5. The maximum absolute atomic E-state index is 11.8. The van der Waals surface area contributed by atoms with E-state index in [0.29, 0.717) is 17.4 Å². The number of allylic oxidation sites excluding steroid dienone is 2. The van der Waals surface area contributed by atoms with Crippen LogP contribution in [-0.2, 0) is 31.3 Å². The summed E-state index contributed by atoms with van der Waals surface area (Å²) in [6, 6.07) is 18.5. The molecule has 5 aromatic rings. The molecule has 0 spiro atoms. The average Bonchev–Trinajstić information content (AvgIpc) is 3.78. The van der Waals surface area contributed by atoms with E-state index in [-0.39, 0.29) is 37.7 Å². The second kappa shape index (κ2) is 14.4. The van der Waals surface area contributed by atoms with Gasteiger partial charge in [0.2, 0.25) is 5.71 Å². The molecule has 2 aromatic carbocycles. The Labute approximate surface area is 279 Å². The molecule has 3 heterocycles. The predicted octanol–water partition coefficient (Wildman–Crippen LogP) is 10.2. The van der Waals surface area contributed by atoms with Gasteiger partial charge in [-0.1, -0.05) is 75.6 Å². The summed E-state index contributed by atoms with van der Waals surface area (Å²) < 4.78 is 6.22. The van der Waals surface area contributed by atoms with Crippen molar-refractivity contribution in [2.45, 2.75) is 85.5 Å². The molecule has 5 nitrogen and oxygen atoms in total. The van der Waals surface area contributed by atoms with E-state index in [0.717, 1.165) is 76.4 Å². The van der Waals surface area contributed by atoms with E-state index in [1.54, 1.807) is 0 Å². The number of aliphatic hydroxyl groups excluding tert-OH is 1. The Morgan fingerprint density at radius 3 is 2.36 bits per heavy atom. The van der Waals surface area contributed by atoms with Crippen LogP contribution in [0.4, 0.5) is 0 Å². The van der Waals surface area contributed by atoms with Gasteiger partial charge in [-0.2, -0.15) is 0 Å². The molecule has 0 amide bonds. The molecular weight excluding hydrogens is 737 g/mol. The summed E-state index contributed by atoms with van der Waals surface area (Å²) in [4.78, 5) is 21.1. The Morgan fingerprint density at radius 1 is 0.956 bits per heavy atom. The number of aliphatic hydroxyl groups is 1. The first-order valence-electron chi connectivity index (χ1n) is 16.3. The minimum atomic E-state index is 0. The van der Waals surface area contributed by atoms with Gasteiger partial charge in [-0.25, -0.2) is 4.98 Å². The number of nitrogens with zero attached hydrogens (tertiary/aromatic N) is 2. The van der Waals surface area contributed by atoms with Gasteiger partial charge in [-0.05, 0) is 85.2 Å². The van der Waals surface area contributed by atoms with Crippen LogP contribution in [0.1, 0.15) is 82.0 Å². The molecule has 237 valence electrons. The van der Waals surface area contributed by atoms with Gasteiger partial charge < -0.3 is 14.5 Å². The van der Waals surface area contributed by atoms with E-state index in [4.69, 9.17) is 9.40 Å². The normalized spacial score (nSPS) is 16.0. The van der Waals surface area contributed by atoms with Crippen molar-refractivity contribution in [3.63, 3.8) is 0 Å². The molecular formula is C39H43IrN2O3-. The van der Waals surface area contributed by atoms with Crippen molar-refractivity contribution >= 4 is 38.6 Å². The number of benzene rings is 2. The molecule has 0 atom stereocenters. The van der Waals surface area contributed by atoms with Gasteiger partial charge in [0.25, 0.3) is 0 Å². The Morgan fingerprint density at radius 2 is 1.64 bits per heavy atom. The quantitative estimate of drug-likeness (QED) is 0.106. The summed E-state index contributed by atoms with van der Waals surface area (Å²) in [6.45, 7) is 8.54. The standard InChI is InChI=1S/C26H23N2O.C13H20O2.Ir/c1-15(2)11-18-6-8-20-19(14-18)9-10-27-24(20)23-13-16(3)12-22-21-7-5-17(4)28-26(21)29-25(22)23;14-12(10-5-1-2-6-10)9-13(15)11-7-3-4-8-11;/h5-10,12,14-15H,11H2,1-4H3;9-11,14H,1-8H2;/q-1;;/b;12-9-;. The van der Waals surface area contributed by atoms with E-state index >= 15 is 0 Å². The van der Waals surface area contributed by atoms with Crippen LogP contribution in [-0.4, -0.2) is 20.9 Å². The molecule has 0 bridgehead atoms. The zero-order valence-electron chi connectivity index (χ0n) is 26.8. The molecule has 7 rings (SSSR count). The van der Waals surface area contributed by atoms with Gasteiger partial charge in [0.05, 0.1) is 11.3 Å². The number of hydrogen-bond donors (Lipinski definition) is 1. The second-order valence-electron chi connectivity index (χ2n) is 13.2. The third-order valence-electron chi connectivity index (χ3n) is 9.17. The van der Waals surface area contributed by atoms with Crippen LogP contribution in [0.25, 0.3) is 44.1 Å². The molecule has 2 fully saturated rings. The largest absolute Gasteiger partial charge is 0.512 e. The van der Waals surface area contributed by atoms with E-state index in [1.165, 1.54) is 42.7 Å². The number of carbonyl (C=O) groups is 1. The maximum Gasteiger partial charge on any atom is 0.216 e. The summed E-state index contributed by atoms with van der Waals surface area (Å²) in [5.74, 6) is 1.62. The van der Waals surface area contributed by atoms with Crippen molar-refractivity contribution in [1.82, 2.24) is 9.97 Å². The SMILES string of the molecule is Cc1[c-]c(-c2nccc3cc(CC(C)C)ccc23)c2oc3nc(C)ccc3c2c1.O=C(/C=C(\O)C1CCCC1)C1CCCC1.[Ir]. The first kappa shape index (κ1) is 33.0. The van der Waals surface area contributed by atoms with E-state index in [2.05, 4.69) is 68.2 Å². The van der Waals surface area contributed by atoms with Gasteiger partial charge in [0, 0.05) is 55.3 Å². The Hall–Kier alpha value is -3.34. The van der Waals surface area contributed by atoms with Gasteiger partial charge in [-0.15, -0.1) is 17.7 Å². The first-order valence-corrected chi connectivity index (χ1v) is 16.3. The fourth-order valence-corrected chi connectivity index (χ4v) is 6.93. The summed E-state index contributed by atoms with van der Waals surface area (Å²) in [5.41, 5.74) is 6.63. The molecule has 0 saturated heterocycles. The van der Waals surface area contributed by atoms with Gasteiger partial charge in [0.15, 0.2) is 5.78 Å². The second-order valence-corrected chi connectivity index (χ2v) is 13.2. The van der Waals surface area contributed by atoms with Crippen LogP contribution in [0.15, 0.2) is 64.9 Å². The average molecular weight is 780 g/mol. The molecule has 6 heteroatoms. The van der Waals surface area contributed by atoms with Crippen LogP contribution in [0.3, 0.4) is 0 Å². The molecule has 2 aliphatic rings. The van der Waals surface area contributed by atoms with Crippen molar-refractivity contribution in [3.05, 3.63) is 83.4 Å². The third-order valence-corrected chi connectivity index (χ3v) is 9.17. The number of fused-ring (bicyclic) bond motifs is 4. The summed E-state index contributed by atoms with van der Waals surface area (Å²) >= 11 is 0. The molecule has 1 N–H and O–H groups in total. The Balaban J connectivity index is 0.000000212. The number of ketones is 1. The molecule has 2 aliphatic carbocycles. The third kappa shape index (κ3) is 7.39. The minimum Gasteiger partial charge on any atom is -0.512 e. The van der Waals surface area contributed by atoms with Crippen molar-refractivity contribution in [1.29, 1.82) is 0 Å². The van der Waals surface area contributed by atoms with Crippen molar-refractivity contribution in [3.8, 4) is 11.3 Å². The fraction of sp³-hybridized carbons (Fsp3) is 0.410. The number of furan rings is 1. The van der Waals surface area contributed by atoms with Crippen LogP contribution in [0.5, 0.6) is 0 Å². The Kier molecular flexibility index (Phi) is 10.6. The topological polar surface area (TPSA) is 76.2 Å². The van der Waals surface area contributed by atoms with Crippen molar-refractivity contribution < 1.29 is 34.4 Å². The van der Waals surface area contributed by atoms with Crippen LogP contribution < -0.4 is 0 Å². The molecule has 0 unspecified atom stereocenters. The molecule has 2 saturated carbocycles. The van der Waals surface area contributed by atoms with E-state index in [1.807, 2.05) is 19.2 Å². The number of aryl methyl sites for hydroxylation is 2. The summed E-state index contributed by atoms with van der Waals surface area (Å²) in [6.07, 6.45) is 13.4. The van der Waals surface area contributed by atoms with Crippen LogP contribution in [0.2, 0.25) is 0 Å². The van der Waals surface area contributed by atoms with Gasteiger partial charge >= 0.3 is 0 Å². The minimum absolute atomic E-state index is 0. The Bertz CT molecular complexity index is 1840. The van der Waals surface area contributed by atoms with Crippen LogP contribution >= 0.6 is 0 Å². The zero-order valence-corrected chi connectivity index (χ0v) is 29.2. The van der Waals surface area contributed by atoms with E-state index in [9.17, 15) is 9.90 Å². The maximum atomic E-state index is 11.8. The van der Waals surface area contributed by atoms with E-state index < -0.39 is 0 Å². The number of rotatable bonds is 6. The number of aromatic nitrogens is 2. The van der Waals surface area contributed by atoms with Gasteiger partial charge in [-0.3, -0.25) is 4.79 Å². The zero-order chi connectivity index (χ0) is 30.8. The van der Waals surface area contributed by atoms with Crippen molar-refractivity contribution in [2.24, 2.45) is 17.8 Å². The molecule has 1 radical (unpaired) electrons. The molecule has 0 aliphatic heterocycles. The molecule has 45 heavy (non-hydrogen) atoms.